The molecule has 0 aromatic carbocycles. The quantitative estimate of drug-likeness (QED) is 0.733. The van der Waals surface area contributed by atoms with Crippen LogP contribution in [0.4, 0.5) is 4.79 Å². The van der Waals surface area contributed by atoms with Crippen molar-refractivity contribution in [2.45, 2.75) is 32.4 Å². The van der Waals surface area contributed by atoms with Crippen LogP contribution in [0.25, 0.3) is 0 Å². The molecule has 0 bridgehead atoms. The number of halogens is 1. The normalized spacial score (nSPS) is 19.8. The van der Waals surface area contributed by atoms with E-state index in [1.807, 2.05) is 20.8 Å². The van der Waals surface area contributed by atoms with Gasteiger partial charge in [-0.3, -0.25) is 4.90 Å². The fourth-order valence-corrected chi connectivity index (χ4v) is 2.24. The summed E-state index contributed by atoms with van der Waals surface area (Å²) in [6.07, 6.45) is 1.11. The van der Waals surface area contributed by atoms with E-state index in [1.54, 1.807) is 11.0 Å². The zero-order chi connectivity index (χ0) is 14.8. The first-order chi connectivity index (χ1) is 9.37. The van der Waals surface area contributed by atoms with E-state index in [1.165, 1.54) is 6.33 Å². The molecule has 1 aromatic rings. The lowest BCUT2D eigenvalue weighted by atomic mass is 10.1. The van der Waals surface area contributed by atoms with Gasteiger partial charge < -0.3 is 9.47 Å². The monoisotopic (exact) mass is 343 g/mol. The van der Waals surface area contributed by atoms with Crippen molar-refractivity contribution in [2.24, 2.45) is 0 Å². The second-order valence-corrected chi connectivity index (χ2v) is 6.34. The van der Waals surface area contributed by atoms with E-state index < -0.39 is 5.60 Å². The number of morpholine rings is 1. The summed E-state index contributed by atoms with van der Waals surface area (Å²) in [6.45, 7) is 6.94. The van der Waals surface area contributed by atoms with Crippen LogP contribution in [0.3, 0.4) is 0 Å². The van der Waals surface area contributed by atoms with E-state index >= 15 is 0 Å². The van der Waals surface area contributed by atoms with Gasteiger partial charge in [-0.2, -0.15) is 0 Å². The molecular formula is C13H18BrN3O3. The molecule has 7 heteroatoms. The maximum absolute atomic E-state index is 12.3. The van der Waals surface area contributed by atoms with Gasteiger partial charge in [0.05, 0.1) is 18.9 Å². The number of ether oxygens (including phenoxy) is 2. The van der Waals surface area contributed by atoms with Crippen LogP contribution >= 0.6 is 15.9 Å². The van der Waals surface area contributed by atoms with Crippen LogP contribution in [0, 0.1) is 0 Å². The van der Waals surface area contributed by atoms with Gasteiger partial charge in [0.1, 0.15) is 22.6 Å². The first-order valence-corrected chi connectivity index (χ1v) is 7.21. The average Bonchev–Trinajstić information content (AvgIpc) is 2.37. The van der Waals surface area contributed by atoms with Crippen molar-refractivity contribution in [3.63, 3.8) is 0 Å². The minimum atomic E-state index is -0.522. The molecule has 0 N–H and O–H groups in total. The SMILES string of the molecule is CC(C)(C)OC(=O)N1CCOCC1c1cc(Br)ncn1. The fraction of sp³-hybridized carbons (Fsp3) is 0.615. The van der Waals surface area contributed by atoms with E-state index in [-0.39, 0.29) is 12.1 Å². The summed E-state index contributed by atoms with van der Waals surface area (Å²) in [5.41, 5.74) is 0.212. The molecule has 1 fully saturated rings. The molecule has 1 saturated heterocycles. The van der Waals surface area contributed by atoms with Gasteiger partial charge in [-0.1, -0.05) is 0 Å². The summed E-state index contributed by atoms with van der Waals surface area (Å²) >= 11 is 3.31. The van der Waals surface area contributed by atoms with Crippen molar-refractivity contribution < 1.29 is 14.3 Å². The molecule has 2 rings (SSSR count). The fourth-order valence-electron chi connectivity index (χ4n) is 1.92. The molecule has 1 aromatic heterocycles. The number of aromatic nitrogens is 2. The summed E-state index contributed by atoms with van der Waals surface area (Å²) < 4.78 is 11.6. The van der Waals surface area contributed by atoms with Crippen molar-refractivity contribution in [3.05, 3.63) is 22.7 Å². The molecular weight excluding hydrogens is 326 g/mol. The number of carbonyl (C=O) groups excluding carboxylic acids is 1. The smallest absolute Gasteiger partial charge is 0.411 e. The second-order valence-electron chi connectivity index (χ2n) is 5.53. The third-order valence-corrected chi connectivity index (χ3v) is 3.19. The first kappa shape index (κ1) is 15.2. The lowest BCUT2D eigenvalue weighted by molar-refractivity contribution is -0.0341. The Morgan fingerprint density at radius 2 is 2.25 bits per heavy atom. The predicted molar refractivity (Wildman–Crippen MR) is 76.2 cm³/mol. The maximum Gasteiger partial charge on any atom is 0.411 e. The van der Waals surface area contributed by atoms with E-state index in [2.05, 4.69) is 25.9 Å². The van der Waals surface area contributed by atoms with Gasteiger partial charge in [-0.25, -0.2) is 14.8 Å². The van der Waals surface area contributed by atoms with Gasteiger partial charge in [0.15, 0.2) is 0 Å². The number of nitrogens with zero attached hydrogens (tertiary/aromatic N) is 3. The molecule has 1 aliphatic rings. The molecule has 1 atom stereocenters. The first-order valence-electron chi connectivity index (χ1n) is 6.41. The largest absolute Gasteiger partial charge is 0.444 e. The van der Waals surface area contributed by atoms with Crippen LogP contribution in [0.5, 0.6) is 0 Å². The van der Waals surface area contributed by atoms with Crippen molar-refractivity contribution in [3.8, 4) is 0 Å². The zero-order valence-electron chi connectivity index (χ0n) is 11.8. The Morgan fingerprint density at radius 1 is 1.50 bits per heavy atom. The summed E-state index contributed by atoms with van der Waals surface area (Å²) in [7, 11) is 0. The highest BCUT2D eigenvalue weighted by molar-refractivity contribution is 9.10. The molecule has 1 unspecified atom stereocenters. The molecule has 1 amide bonds. The Labute approximate surface area is 126 Å². The highest BCUT2D eigenvalue weighted by Crippen LogP contribution is 2.25. The molecule has 20 heavy (non-hydrogen) atoms. The number of rotatable bonds is 1. The minimum absolute atomic E-state index is 0.252. The van der Waals surface area contributed by atoms with Crippen LogP contribution in [0.1, 0.15) is 32.5 Å². The Hall–Kier alpha value is -1.21. The number of hydrogen-bond donors (Lipinski definition) is 0. The lowest BCUT2D eigenvalue weighted by Gasteiger charge is -2.36. The minimum Gasteiger partial charge on any atom is -0.444 e. The Morgan fingerprint density at radius 3 is 2.90 bits per heavy atom. The Kier molecular flexibility index (Phi) is 4.59. The van der Waals surface area contributed by atoms with Crippen LogP contribution in [0.15, 0.2) is 17.0 Å². The number of hydrogen-bond acceptors (Lipinski definition) is 5. The van der Waals surface area contributed by atoms with Gasteiger partial charge in [0.2, 0.25) is 0 Å². The maximum atomic E-state index is 12.3. The summed E-state index contributed by atoms with van der Waals surface area (Å²) in [6, 6.07) is 1.54. The van der Waals surface area contributed by atoms with Gasteiger partial charge in [0, 0.05) is 6.54 Å². The molecule has 1 aliphatic heterocycles. The summed E-state index contributed by atoms with van der Waals surface area (Å²) in [5.74, 6) is 0. The Balaban J connectivity index is 2.19. The molecule has 2 heterocycles. The molecule has 0 radical (unpaired) electrons. The highest BCUT2D eigenvalue weighted by atomic mass is 79.9. The summed E-state index contributed by atoms with van der Waals surface area (Å²) in [5, 5.41) is 0. The van der Waals surface area contributed by atoms with Gasteiger partial charge >= 0.3 is 6.09 Å². The van der Waals surface area contributed by atoms with Crippen molar-refractivity contribution >= 4 is 22.0 Å². The standard InChI is InChI=1S/C13H18BrN3O3/c1-13(2,3)20-12(18)17-4-5-19-7-10(17)9-6-11(14)16-8-15-9/h6,8,10H,4-5,7H2,1-3H3. The second kappa shape index (κ2) is 6.05. The molecule has 0 aliphatic carbocycles. The summed E-state index contributed by atoms with van der Waals surface area (Å²) in [4.78, 5) is 22.1. The van der Waals surface area contributed by atoms with Crippen LogP contribution in [-0.4, -0.2) is 46.3 Å². The Bertz CT molecular complexity index is 490. The molecule has 0 saturated carbocycles. The number of carbonyl (C=O) groups is 1. The molecule has 0 spiro atoms. The third-order valence-electron chi connectivity index (χ3n) is 2.75. The predicted octanol–water partition coefficient (Wildman–Crippen LogP) is 2.55. The van der Waals surface area contributed by atoms with Crippen LogP contribution < -0.4 is 0 Å². The van der Waals surface area contributed by atoms with Crippen LogP contribution in [-0.2, 0) is 9.47 Å². The zero-order valence-corrected chi connectivity index (χ0v) is 13.4. The van der Waals surface area contributed by atoms with Crippen molar-refractivity contribution in [2.75, 3.05) is 19.8 Å². The third kappa shape index (κ3) is 3.89. The van der Waals surface area contributed by atoms with Crippen molar-refractivity contribution in [1.29, 1.82) is 0 Å². The van der Waals surface area contributed by atoms with E-state index in [4.69, 9.17) is 9.47 Å². The highest BCUT2D eigenvalue weighted by Gasteiger charge is 2.32. The average molecular weight is 344 g/mol. The van der Waals surface area contributed by atoms with E-state index in [0.29, 0.717) is 24.4 Å². The topological polar surface area (TPSA) is 64.5 Å². The molecule has 6 nitrogen and oxygen atoms in total. The molecule has 110 valence electrons. The van der Waals surface area contributed by atoms with Gasteiger partial charge in [-0.05, 0) is 42.8 Å². The van der Waals surface area contributed by atoms with Gasteiger partial charge in [-0.15, -0.1) is 0 Å². The van der Waals surface area contributed by atoms with E-state index in [9.17, 15) is 4.79 Å². The number of amides is 1. The van der Waals surface area contributed by atoms with Crippen molar-refractivity contribution in [1.82, 2.24) is 14.9 Å². The van der Waals surface area contributed by atoms with Gasteiger partial charge in [0.25, 0.3) is 0 Å². The van der Waals surface area contributed by atoms with Crippen LogP contribution in [0.2, 0.25) is 0 Å². The van der Waals surface area contributed by atoms with E-state index in [0.717, 1.165) is 5.69 Å². The lowest BCUT2D eigenvalue weighted by Crippen LogP contribution is -2.46.